The molecule has 0 saturated carbocycles. The standard InChI is InChI=1S/C23H18Cl2F3NO2/c1-23(27,28)12-31-21-11-13(16-10-15(22(29)30)7-8-19(16)25)5-6-14(21)9-17-18(24)3-2-4-20(17)26/h2-8,10-11H,9,12H2,1H3,(H2,29,30). The lowest BCUT2D eigenvalue weighted by atomic mass is 9.97. The third-order valence-electron chi connectivity index (χ3n) is 4.54. The smallest absolute Gasteiger partial charge is 0.278 e. The van der Waals surface area contributed by atoms with E-state index in [4.69, 9.17) is 33.7 Å². The number of primary amides is 1. The molecule has 0 spiro atoms. The molecule has 0 heterocycles. The van der Waals surface area contributed by atoms with Gasteiger partial charge in [-0.2, -0.15) is 0 Å². The van der Waals surface area contributed by atoms with Gasteiger partial charge < -0.3 is 10.5 Å². The maximum atomic E-state index is 14.3. The second-order valence-electron chi connectivity index (χ2n) is 7.12. The zero-order chi connectivity index (χ0) is 22.8. The molecule has 2 N–H and O–H groups in total. The average molecular weight is 468 g/mol. The van der Waals surface area contributed by atoms with Gasteiger partial charge in [0.05, 0.1) is 0 Å². The van der Waals surface area contributed by atoms with E-state index in [1.165, 1.54) is 36.4 Å². The van der Waals surface area contributed by atoms with E-state index in [1.54, 1.807) is 18.2 Å². The van der Waals surface area contributed by atoms with E-state index in [0.717, 1.165) is 6.92 Å². The van der Waals surface area contributed by atoms with E-state index in [9.17, 15) is 18.0 Å². The third-order valence-corrected chi connectivity index (χ3v) is 5.22. The molecule has 3 aromatic carbocycles. The van der Waals surface area contributed by atoms with Crippen LogP contribution in [0.4, 0.5) is 13.2 Å². The quantitative estimate of drug-likeness (QED) is 0.429. The number of carbonyl (C=O) groups excluding carboxylic acids is 1. The molecule has 0 aromatic heterocycles. The van der Waals surface area contributed by atoms with Gasteiger partial charge in [-0.15, -0.1) is 0 Å². The van der Waals surface area contributed by atoms with E-state index in [-0.39, 0.29) is 28.3 Å². The number of ether oxygens (including phenoxy) is 1. The second-order valence-corrected chi connectivity index (χ2v) is 7.93. The van der Waals surface area contributed by atoms with Crippen molar-refractivity contribution in [2.75, 3.05) is 6.61 Å². The Morgan fingerprint density at radius 3 is 2.45 bits per heavy atom. The maximum absolute atomic E-state index is 14.3. The molecule has 0 bridgehead atoms. The second kappa shape index (κ2) is 9.20. The van der Waals surface area contributed by atoms with Gasteiger partial charge in [0, 0.05) is 40.1 Å². The van der Waals surface area contributed by atoms with Gasteiger partial charge in [0.15, 0.2) is 6.61 Å². The van der Waals surface area contributed by atoms with Crippen molar-refractivity contribution in [1.29, 1.82) is 0 Å². The number of amides is 1. The van der Waals surface area contributed by atoms with E-state index in [2.05, 4.69) is 0 Å². The zero-order valence-corrected chi connectivity index (χ0v) is 17.9. The van der Waals surface area contributed by atoms with Crippen molar-refractivity contribution in [3.63, 3.8) is 0 Å². The molecule has 0 aliphatic rings. The van der Waals surface area contributed by atoms with Crippen LogP contribution < -0.4 is 10.5 Å². The van der Waals surface area contributed by atoms with Crippen LogP contribution in [0.1, 0.15) is 28.4 Å². The van der Waals surface area contributed by atoms with Gasteiger partial charge in [0.25, 0.3) is 5.92 Å². The summed E-state index contributed by atoms with van der Waals surface area (Å²) in [6.45, 7) is -0.138. The van der Waals surface area contributed by atoms with Crippen LogP contribution in [0.15, 0.2) is 54.6 Å². The van der Waals surface area contributed by atoms with Crippen molar-refractivity contribution < 1.29 is 22.7 Å². The summed E-state index contributed by atoms with van der Waals surface area (Å²) in [6, 6.07) is 13.6. The average Bonchev–Trinajstić information content (AvgIpc) is 2.69. The molecule has 0 atom stereocenters. The predicted molar refractivity (Wildman–Crippen MR) is 116 cm³/mol. The fourth-order valence-electron chi connectivity index (χ4n) is 3.00. The first-order valence-corrected chi connectivity index (χ1v) is 9.97. The van der Waals surface area contributed by atoms with Gasteiger partial charge in [0.2, 0.25) is 5.91 Å². The Kier molecular flexibility index (Phi) is 6.82. The minimum atomic E-state index is -3.08. The van der Waals surface area contributed by atoms with Crippen LogP contribution in [0.5, 0.6) is 5.75 Å². The summed E-state index contributed by atoms with van der Waals surface area (Å²) in [6.07, 6.45) is 0.0332. The fourth-order valence-corrected chi connectivity index (χ4v) is 3.45. The van der Waals surface area contributed by atoms with Crippen molar-refractivity contribution in [3.8, 4) is 16.9 Å². The van der Waals surface area contributed by atoms with Crippen LogP contribution in [0.25, 0.3) is 11.1 Å². The van der Waals surface area contributed by atoms with Crippen LogP contribution in [-0.4, -0.2) is 18.4 Å². The van der Waals surface area contributed by atoms with Crippen molar-refractivity contribution in [3.05, 3.63) is 87.2 Å². The predicted octanol–water partition coefficient (Wildman–Crippen LogP) is 6.52. The van der Waals surface area contributed by atoms with Gasteiger partial charge in [0.1, 0.15) is 11.6 Å². The van der Waals surface area contributed by atoms with Gasteiger partial charge in [-0.3, -0.25) is 4.79 Å². The van der Waals surface area contributed by atoms with E-state index >= 15 is 0 Å². The van der Waals surface area contributed by atoms with Crippen molar-refractivity contribution in [1.82, 2.24) is 0 Å². The van der Waals surface area contributed by atoms with Crippen molar-refractivity contribution >= 4 is 29.1 Å². The summed E-state index contributed by atoms with van der Waals surface area (Å²) in [7, 11) is 0. The summed E-state index contributed by atoms with van der Waals surface area (Å²) >= 11 is 12.4. The Balaban J connectivity index is 2.07. The molecule has 1 amide bonds. The van der Waals surface area contributed by atoms with E-state index in [1.807, 2.05) is 0 Å². The van der Waals surface area contributed by atoms with Crippen LogP contribution in [-0.2, 0) is 6.42 Å². The number of rotatable bonds is 7. The topological polar surface area (TPSA) is 52.3 Å². The summed E-state index contributed by atoms with van der Waals surface area (Å²) in [5, 5.41) is 0.551. The van der Waals surface area contributed by atoms with E-state index < -0.39 is 24.3 Å². The molecule has 8 heteroatoms. The van der Waals surface area contributed by atoms with Gasteiger partial charge in [-0.05, 0) is 47.5 Å². The molecule has 0 unspecified atom stereocenters. The summed E-state index contributed by atoms with van der Waals surface area (Å²) in [4.78, 5) is 11.5. The molecule has 0 saturated heterocycles. The monoisotopic (exact) mass is 467 g/mol. The van der Waals surface area contributed by atoms with Crippen LogP contribution >= 0.6 is 23.2 Å². The van der Waals surface area contributed by atoms with E-state index in [0.29, 0.717) is 21.7 Å². The Labute approximate surface area is 187 Å². The van der Waals surface area contributed by atoms with Gasteiger partial charge >= 0.3 is 0 Å². The minimum Gasteiger partial charge on any atom is -0.487 e. The number of hydrogen-bond donors (Lipinski definition) is 1. The minimum absolute atomic E-state index is 0.0332. The number of halogens is 5. The van der Waals surface area contributed by atoms with Crippen LogP contribution in [0.2, 0.25) is 10.0 Å². The molecule has 3 aromatic rings. The molecular formula is C23H18Cl2F3NO2. The highest BCUT2D eigenvalue weighted by Crippen LogP contribution is 2.35. The highest BCUT2D eigenvalue weighted by Gasteiger charge is 2.23. The lowest BCUT2D eigenvalue weighted by molar-refractivity contribution is -0.0231. The van der Waals surface area contributed by atoms with Gasteiger partial charge in [-0.1, -0.05) is 41.4 Å². The normalized spacial score (nSPS) is 11.4. The van der Waals surface area contributed by atoms with Crippen molar-refractivity contribution in [2.24, 2.45) is 5.73 Å². The number of alkyl halides is 2. The number of hydrogen-bond acceptors (Lipinski definition) is 2. The van der Waals surface area contributed by atoms with Gasteiger partial charge in [-0.25, -0.2) is 13.2 Å². The molecule has 0 aliphatic heterocycles. The molecule has 162 valence electrons. The van der Waals surface area contributed by atoms with Crippen LogP contribution in [0, 0.1) is 5.82 Å². The molecule has 3 nitrogen and oxygen atoms in total. The Morgan fingerprint density at radius 2 is 1.81 bits per heavy atom. The largest absolute Gasteiger partial charge is 0.487 e. The zero-order valence-electron chi connectivity index (χ0n) is 16.4. The highest BCUT2D eigenvalue weighted by molar-refractivity contribution is 6.33. The Bertz CT molecular complexity index is 1110. The maximum Gasteiger partial charge on any atom is 0.278 e. The molecule has 3 rings (SSSR count). The lowest BCUT2D eigenvalue weighted by Gasteiger charge is -2.17. The third kappa shape index (κ3) is 5.71. The molecule has 0 aliphatic carbocycles. The molecule has 0 radical (unpaired) electrons. The first kappa shape index (κ1) is 23.0. The Morgan fingerprint density at radius 1 is 1.06 bits per heavy atom. The first-order chi connectivity index (χ1) is 14.5. The summed E-state index contributed by atoms with van der Waals surface area (Å²) < 4.78 is 46.5. The first-order valence-electron chi connectivity index (χ1n) is 9.21. The fraction of sp³-hybridized carbons (Fsp3) is 0.174. The lowest BCUT2D eigenvalue weighted by Crippen LogP contribution is -2.21. The highest BCUT2D eigenvalue weighted by atomic mass is 35.5. The number of nitrogens with two attached hydrogens (primary N) is 1. The molecule has 31 heavy (non-hydrogen) atoms. The SMILES string of the molecule is CC(F)(F)COc1cc(-c2cc(C(N)=O)ccc2Cl)ccc1Cc1c(F)cccc1Cl. The summed E-state index contributed by atoms with van der Waals surface area (Å²) in [5.41, 5.74) is 7.25. The Hall–Kier alpha value is -2.70. The summed E-state index contributed by atoms with van der Waals surface area (Å²) in [5.74, 6) is -4.10. The van der Waals surface area contributed by atoms with Crippen LogP contribution in [0.3, 0.4) is 0 Å². The molecular weight excluding hydrogens is 450 g/mol. The van der Waals surface area contributed by atoms with Crippen molar-refractivity contribution in [2.45, 2.75) is 19.3 Å². The molecule has 0 fully saturated rings. The number of carbonyl (C=O) groups is 1. The number of benzene rings is 3.